The zero-order valence-corrected chi connectivity index (χ0v) is 11.9. The Kier molecular flexibility index (Phi) is 7.12. The lowest BCUT2D eigenvalue weighted by molar-refractivity contribution is -0.126. The standard InChI is InChI=1S/C12H23N3O2S/c1-9(2)6-14-12(17)7-15-11(16)5-10-8-18-4-3-13-10/h9-10,13H,3-8H2,1-2H3,(H,14,17)(H,15,16). The van der Waals surface area contributed by atoms with Crippen LogP contribution in [0.5, 0.6) is 0 Å². The Morgan fingerprint density at radius 2 is 2.11 bits per heavy atom. The first-order valence-corrected chi connectivity index (χ1v) is 7.58. The Morgan fingerprint density at radius 1 is 1.33 bits per heavy atom. The molecule has 0 radical (unpaired) electrons. The molecule has 6 heteroatoms. The van der Waals surface area contributed by atoms with Gasteiger partial charge in [-0.15, -0.1) is 0 Å². The predicted molar refractivity (Wildman–Crippen MR) is 74.6 cm³/mol. The Morgan fingerprint density at radius 3 is 2.72 bits per heavy atom. The Balaban J connectivity index is 2.10. The van der Waals surface area contributed by atoms with Gasteiger partial charge in [-0.1, -0.05) is 13.8 Å². The molecule has 0 bridgehead atoms. The molecule has 1 fully saturated rings. The first kappa shape index (κ1) is 15.3. The molecule has 18 heavy (non-hydrogen) atoms. The van der Waals surface area contributed by atoms with Crippen molar-refractivity contribution < 1.29 is 9.59 Å². The van der Waals surface area contributed by atoms with Gasteiger partial charge in [0.25, 0.3) is 0 Å². The summed E-state index contributed by atoms with van der Waals surface area (Å²) in [6.45, 7) is 5.75. The summed E-state index contributed by atoms with van der Waals surface area (Å²) in [5, 5.41) is 8.72. The third kappa shape index (κ3) is 6.86. The molecule has 0 aromatic heterocycles. The highest BCUT2D eigenvalue weighted by Gasteiger charge is 2.16. The van der Waals surface area contributed by atoms with E-state index in [2.05, 4.69) is 16.0 Å². The van der Waals surface area contributed by atoms with Crippen LogP contribution in [0.2, 0.25) is 0 Å². The fraction of sp³-hybridized carbons (Fsp3) is 0.833. The fourth-order valence-electron chi connectivity index (χ4n) is 1.61. The van der Waals surface area contributed by atoms with Crippen LogP contribution in [0.15, 0.2) is 0 Å². The number of thioether (sulfide) groups is 1. The summed E-state index contributed by atoms with van der Waals surface area (Å²) in [5.41, 5.74) is 0. The van der Waals surface area contributed by atoms with Gasteiger partial charge in [0.05, 0.1) is 6.54 Å². The van der Waals surface area contributed by atoms with Crippen molar-refractivity contribution in [1.82, 2.24) is 16.0 Å². The van der Waals surface area contributed by atoms with Crippen LogP contribution in [0.3, 0.4) is 0 Å². The number of hydrogen-bond donors (Lipinski definition) is 3. The van der Waals surface area contributed by atoms with E-state index in [1.807, 2.05) is 25.6 Å². The maximum atomic E-state index is 11.6. The summed E-state index contributed by atoms with van der Waals surface area (Å²) >= 11 is 1.86. The molecule has 1 heterocycles. The number of hydrogen-bond acceptors (Lipinski definition) is 4. The van der Waals surface area contributed by atoms with Gasteiger partial charge in [0.1, 0.15) is 0 Å². The van der Waals surface area contributed by atoms with Crippen LogP contribution in [-0.4, -0.2) is 49.0 Å². The molecule has 0 spiro atoms. The molecule has 1 aliphatic heterocycles. The van der Waals surface area contributed by atoms with E-state index in [1.165, 1.54) is 0 Å². The molecule has 0 aromatic carbocycles. The minimum atomic E-state index is -0.122. The Hall–Kier alpha value is -0.750. The molecule has 0 aromatic rings. The highest BCUT2D eigenvalue weighted by Crippen LogP contribution is 2.09. The van der Waals surface area contributed by atoms with Gasteiger partial charge in [0.2, 0.25) is 11.8 Å². The van der Waals surface area contributed by atoms with Gasteiger partial charge in [-0.3, -0.25) is 9.59 Å². The SMILES string of the molecule is CC(C)CNC(=O)CNC(=O)CC1CSCCN1. The molecule has 104 valence electrons. The minimum absolute atomic E-state index is 0.0605. The van der Waals surface area contributed by atoms with Crippen molar-refractivity contribution in [2.75, 3.05) is 31.1 Å². The van der Waals surface area contributed by atoms with Crippen LogP contribution in [0.4, 0.5) is 0 Å². The highest BCUT2D eigenvalue weighted by atomic mass is 32.2. The summed E-state index contributed by atoms with van der Waals surface area (Å²) in [5.74, 6) is 2.31. The monoisotopic (exact) mass is 273 g/mol. The zero-order valence-electron chi connectivity index (χ0n) is 11.1. The van der Waals surface area contributed by atoms with Crippen molar-refractivity contribution in [1.29, 1.82) is 0 Å². The fourth-order valence-corrected chi connectivity index (χ4v) is 2.56. The molecular weight excluding hydrogens is 250 g/mol. The minimum Gasteiger partial charge on any atom is -0.354 e. The number of nitrogens with one attached hydrogen (secondary N) is 3. The lowest BCUT2D eigenvalue weighted by Crippen LogP contribution is -2.43. The highest BCUT2D eigenvalue weighted by molar-refractivity contribution is 7.99. The number of carbonyl (C=O) groups is 2. The van der Waals surface area contributed by atoms with Gasteiger partial charge in [-0.2, -0.15) is 11.8 Å². The van der Waals surface area contributed by atoms with Crippen LogP contribution in [0, 0.1) is 5.92 Å². The number of rotatable bonds is 6. The summed E-state index contributed by atoms with van der Waals surface area (Å²) in [6, 6.07) is 0.238. The Labute approximate surface area is 113 Å². The number of amides is 2. The Bertz CT molecular complexity index is 278. The zero-order chi connectivity index (χ0) is 13.4. The van der Waals surface area contributed by atoms with E-state index in [4.69, 9.17) is 0 Å². The van der Waals surface area contributed by atoms with E-state index < -0.39 is 0 Å². The molecule has 1 aliphatic rings. The van der Waals surface area contributed by atoms with Crippen molar-refractivity contribution in [3.05, 3.63) is 0 Å². The molecular formula is C12H23N3O2S. The van der Waals surface area contributed by atoms with Crippen LogP contribution < -0.4 is 16.0 Å². The summed E-state index contributed by atoms with van der Waals surface area (Å²) in [4.78, 5) is 23.0. The quantitative estimate of drug-likeness (QED) is 0.636. The summed E-state index contributed by atoms with van der Waals surface area (Å²) in [6.07, 6.45) is 0.449. The lowest BCUT2D eigenvalue weighted by atomic mass is 10.2. The predicted octanol–water partition coefficient (Wildman–Crippen LogP) is -0.0301. The molecule has 3 N–H and O–H groups in total. The van der Waals surface area contributed by atoms with Crippen LogP contribution in [-0.2, 0) is 9.59 Å². The van der Waals surface area contributed by atoms with Gasteiger partial charge in [-0.05, 0) is 5.92 Å². The second-order valence-corrected chi connectivity index (χ2v) is 6.05. The summed E-state index contributed by atoms with van der Waals surface area (Å²) in [7, 11) is 0. The van der Waals surface area contributed by atoms with E-state index in [0.29, 0.717) is 18.9 Å². The smallest absolute Gasteiger partial charge is 0.239 e. The molecule has 5 nitrogen and oxygen atoms in total. The van der Waals surface area contributed by atoms with Gasteiger partial charge in [0, 0.05) is 37.1 Å². The summed E-state index contributed by atoms with van der Waals surface area (Å²) < 4.78 is 0. The third-order valence-electron chi connectivity index (χ3n) is 2.58. The van der Waals surface area contributed by atoms with E-state index in [9.17, 15) is 9.59 Å². The van der Waals surface area contributed by atoms with Crippen LogP contribution in [0.25, 0.3) is 0 Å². The molecule has 1 saturated heterocycles. The average Bonchev–Trinajstić information content (AvgIpc) is 2.35. The first-order chi connectivity index (χ1) is 8.58. The topological polar surface area (TPSA) is 70.2 Å². The molecule has 2 amide bonds. The van der Waals surface area contributed by atoms with Crippen LogP contribution in [0.1, 0.15) is 20.3 Å². The lowest BCUT2D eigenvalue weighted by Gasteiger charge is -2.22. The maximum Gasteiger partial charge on any atom is 0.239 e. The second-order valence-electron chi connectivity index (χ2n) is 4.90. The van der Waals surface area contributed by atoms with Crippen LogP contribution >= 0.6 is 11.8 Å². The van der Waals surface area contributed by atoms with Crippen molar-refractivity contribution in [3.8, 4) is 0 Å². The van der Waals surface area contributed by atoms with Gasteiger partial charge >= 0.3 is 0 Å². The molecule has 1 atom stereocenters. The molecule has 1 unspecified atom stereocenters. The van der Waals surface area contributed by atoms with Gasteiger partial charge in [-0.25, -0.2) is 0 Å². The third-order valence-corrected chi connectivity index (χ3v) is 3.71. The molecule has 0 saturated carbocycles. The van der Waals surface area contributed by atoms with E-state index in [1.54, 1.807) is 0 Å². The first-order valence-electron chi connectivity index (χ1n) is 6.42. The van der Waals surface area contributed by atoms with Crippen molar-refractivity contribution >= 4 is 23.6 Å². The average molecular weight is 273 g/mol. The van der Waals surface area contributed by atoms with Crippen molar-refractivity contribution in [2.24, 2.45) is 5.92 Å². The second kappa shape index (κ2) is 8.37. The van der Waals surface area contributed by atoms with E-state index in [-0.39, 0.29) is 24.4 Å². The van der Waals surface area contributed by atoms with Gasteiger partial charge < -0.3 is 16.0 Å². The van der Waals surface area contributed by atoms with Crippen molar-refractivity contribution in [3.63, 3.8) is 0 Å². The normalized spacial score (nSPS) is 19.6. The number of carbonyl (C=O) groups excluding carboxylic acids is 2. The van der Waals surface area contributed by atoms with E-state index in [0.717, 1.165) is 18.1 Å². The molecule has 0 aliphatic carbocycles. The van der Waals surface area contributed by atoms with Gasteiger partial charge in [0.15, 0.2) is 0 Å². The molecule has 1 rings (SSSR count). The largest absolute Gasteiger partial charge is 0.354 e. The maximum absolute atomic E-state index is 11.6. The van der Waals surface area contributed by atoms with Crippen molar-refractivity contribution in [2.45, 2.75) is 26.3 Å². The van der Waals surface area contributed by atoms with E-state index >= 15 is 0 Å².